The molecular weight excluding hydrogens is 324 g/mol. The summed E-state index contributed by atoms with van der Waals surface area (Å²) in [5.74, 6) is 1.51. The summed E-state index contributed by atoms with van der Waals surface area (Å²) < 4.78 is 1.84. The zero-order valence-corrected chi connectivity index (χ0v) is 16.4. The van der Waals surface area contributed by atoms with E-state index in [-0.39, 0.29) is 11.3 Å². The van der Waals surface area contributed by atoms with Crippen LogP contribution < -0.4 is 10.2 Å². The van der Waals surface area contributed by atoms with Gasteiger partial charge < -0.3 is 10.2 Å². The summed E-state index contributed by atoms with van der Waals surface area (Å²) in [7, 11) is 0. The number of para-hydroxylation sites is 1. The largest absolute Gasteiger partial charge is 0.327 e. The predicted molar refractivity (Wildman–Crippen MR) is 105 cm³/mol. The molecule has 5 heteroatoms. The van der Waals surface area contributed by atoms with Gasteiger partial charge in [0.1, 0.15) is 5.82 Å². The van der Waals surface area contributed by atoms with Crippen LogP contribution in [0.2, 0.25) is 0 Å². The van der Waals surface area contributed by atoms with Crippen molar-refractivity contribution in [2.45, 2.75) is 46.0 Å². The smallest absolute Gasteiger partial charge is 0.280 e. The summed E-state index contributed by atoms with van der Waals surface area (Å²) in [5, 5.41) is 7.86. The Morgan fingerprint density at radius 2 is 2.04 bits per heavy atom. The van der Waals surface area contributed by atoms with E-state index >= 15 is 0 Å². The summed E-state index contributed by atoms with van der Waals surface area (Å²) >= 11 is 0. The zero-order valence-electron chi connectivity index (χ0n) is 16.4. The van der Waals surface area contributed by atoms with Crippen LogP contribution in [0.15, 0.2) is 36.4 Å². The van der Waals surface area contributed by atoms with Gasteiger partial charge in [0, 0.05) is 17.4 Å². The molecule has 0 spiro atoms. The van der Waals surface area contributed by atoms with Crippen LogP contribution in [-0.2, 0) is 10.2 Å². The molecule has 1 aromatic heterocycles. The first-order valence-electron chi connectivity index (χ1n) is 9.62. The molecule has 140 valence electrons. The quantitative estimate of drug-likeness (QED) is 0.885. The molecule has 2 aromatic rings. The number of aromatic nitrogens is 2. The van der Waals surface area contributed by atoms with Crippen molar-refractivity contribution in [1.82, 2.24) is 9.78 Å². The van der Waals surface area contributed by atoms with Crippen molar-refractivity contribution in [1.29, 1.82) is 0 Å². The Balaban J connectivity index is 1.79. The first kappa shape index (κ1) is 18.6. The monoisotopic (exact) mass is 355 g/mol. The SMILES string of the molecule is C[C@H]1CCC[NH+](CC(=O)Nc2cc(C(C)(C)C)nn2-c2ccccc2)C1. The van der Waals surface area contributed by atoms with E-state index in [4.69, 9.17) is 5.10 Å². The molecule has 1 fully saturated rings. The minimum atomic E-state index is -0.0763. The maximum atomic E-state index is 12.7. The molecule has 0 bridgehead atoms. The van der Waals surface area contributed by atoms with Crippen molar-refractivity contribution in [2.24, 2.45) is 5.92 Å². The number of hydrogen-bond acceptors (Lipinski definition) is 2. The Bertz CT molecular complexity index is 745. The Labute approximate surface area is 156 Å². The van der Waals surface area contributed by atoms with Gasteiger partial charge in [0.2, 0.25) is 0 Å². The van der Waals surface area contributed by atoms with Crippen LogP contribution in [0.25, 0.3) is 5.69 Å². The number of carbonyl (C=O) groups is 1. The predicted octanol–water partition coefficient (Wildman–Crippen LogP) is 2.42. The minimum Gasteiger partial charge on any atom is -0.327 e. The molecule has 2 N–H and O–H groups in total. The lowest BCUT2D eigenvalue weighted by molar-refractivity contribution is -0.900. The fraction of sp³-hybridized carbons (Fsp3) is 0.524. The van der Waals surface area contributed by atoms with Gasteiger partial charge in [0.25, 0.3) is 5.91 Å². The Kier molecular flexibility index (Phi) is 5.47. The molecule has 1 aliphatic rings. The van der Waals surface area contributed by atoms with Gasteiger partial charge in [-0.2, -0.15) is 5.10 Å². The number of piperidine rings is 1. The lowest BCUT2D eigenvalue weighted by Crippen LogP contribution is -3.14. The third-order valence-electron chi connectivity index (χ3n) is 5.02. The number of likely N-dealkylation sites (tertiary alicyclic amines) is 1. The molecule has 2 atom stereocenters. The maximum absolute atomic E-state index is 12.7. The van der Waals surface area contributed by atoms with Gasteiger partial charge in [-0.25, -0.2) is 4.68 Å². The van der Waals surface area contributed by atoms with Crippen LogP contribution >= 0.6 is 0 Å². The highest BCUT2D eigenvalue weighted by atomic mass is 16.2. The lowest BCUT2D eigenvalue weighted by Gasteiger charge is -2.27. The maximum Gasteiger partial charge on any atom is 0.280 e. The van der Waals surface area contributed by atoms with Crippen LogP contribution in [0.5, 0.6) is 0 Å². The van der Waals surface area contributed by atoms with Crippen LogP contribution in [0.1, 0.15) is 46.2 Å². The number of carbonyl (C=O) groups excluding carboxylic acids is 1. The summed E-state index contributed by atoms with van der Waals surface area (Å²) in [6.07, 6.45) is 2.49. The highest BCUT2D eigenvalue weighted by Crippen LogP contribution is 2.26. The van der Waals surface area contributed by atoms with Crippen molar-refractivity contribution in [3.05, 3.63) is 42.1 Å². The standard InChI is InChI=1S/C21H30N4O/c1-16-9-8-12-24(14-16)15-20(26)22-19-13-18(21(2,3)4)23-25(19)17-10-6-5-7-11-17/h5-7,10-11,13,16H,8-9,12,14-15H2,1-4H3,(H,22,26)/p+1/t16-/m0/s1. The van der Waals surface area contributed by atoms with E-state index in [1.165, 1.54) is 17.7 Å². The van der Waals surface area contributed by atoms with Crippen LogP contribution in [0.4, 0.5) is 5.82 Å². The second-order valence-corrected chi connectivity index (χ2v) is 8.59. The number of anilines is 1. The summed E-state index contributed by atoms with van der Waals surface area (Å²) in [4.78, 5) is 14.0. The van der Waals surface area contributed by atoms with E-state index in [2.05, 4.69) is 33.0 Å². The van der Waals surface area contributed by atoms with Crippen molar-refractivity contribution >= 4 is 11.7 Å². The second-order valence-electron chi connectivity index (χ2n) is 8.59. The number of nitrogens with zero attached hydrogens (tertiary/aromatic N) is 2. The van der Waals surface area contributed by atoms with Crippen LogP contribution in [0.3, 0.4) is 0 Å². The lowest BCUT2D eigenvalue weighted by atomic mass is 9.92. The highest BCUT2D eigenvalue weighted by molar-refractivity contribution is 5.91. The Morgan fingerprint density at radius 3 is 2.69 bits per heavy atom. The van der Waals surface area contributed by atoms with Gasteiger partial charge in [0.15, 0.2) is 6.54 Å². The van der Waals surface area contributed by atoms with E-state index in [9.17, 15) is 4.79 Å². The van der Waals surface area contributed by atoms with Gasteiger partial charge in [-0.05, 0) is 25.0 Å². The van der Waals surface area contributed by atoms with Crippen LogP contribution in [-0.4, -0.2) is 35.3 Å². The molecule has 1 aliphatic heterocycles. The molecule has 1 aromatic carbocycles. The first-order chi connectivity index (χ1) is 12.3. The molecule has 2 heterocycles. The Hall–Kier alpha value is -2.14. The zero-order chi connectivity index (χ0) is 18.7. The normalized spacial score (nSPS) is 20.8. The number of rotatable bonds is 4. The van der Waals surface area contributed by atoms with E-state index in [0.29, 0.717) is 12.5 Å². The molecule has 1 saturated heterocycles. The van der Waals surface area contributed by atoms with Crippen molar-refractivity contribution in [3.8, 4) is 5.69 Å². The van der Waals surface area contributed by atoms with E-state index in [1.54, 1.807) is 0 Å². The van der Waals surface area contributed by atoms with Gasteiger partial charge in [0.05, 0.1) is 24.5 Å². The summed E-state index contributed by atoms with van der Waals surface area (Å²) in [6, 6.07) is 12.0. The summed E-state index contributed by atoms with van der Waals surface area (Å²) in [6.45, 7) is 11.4. The van der Waals surface area contributed by atoms with E-state index in [1.807, 2.05) is 41.1 Å². The van der Waals surface area contributed by atoms with Crippen molar-refractivity contribution < 1.29 is 9.69 Å². The molecular formula is C21H31N4O+. The van der Waals surface area contributed by atoms with E-state index < -0.39 is 0 Å². The number of amides is 1. The number of benzene rings is 1. The number of hydrogen-bond donors (Lipinski definition) is 2. The molecule has 1 unspecified atom stereocenters. The minimum absolute atomic E-state index is 0.0617. The van der Waals surface area contributed by atoms with Crippen molar-refractivity contribution in [2.75, 3.05) is 25.0 Å². The van der Waals surface area contributed by atoms with Gasteiger partial charge >= 0.3 is 0 Å². The number of quaternary nitrogens is 1. The molecule has 0 aliphatic carbocycles. The second kappa shape index (κ2) is 7.62. The molecule has 5 nitrogen and oxygen atoms in total. The third-order valence-corrected chi connectivity index (χ3v) is 5.02. The fourth-order valence-corrected chi connectivity index (χ4v) is 3.57. The number of nitrogens with one attached hydrogen (secondary N) is 2. The van der Waals surface area contributed by atoms with Gasteiger partial charge in [-0.3, -0.25) is 4.79 Å². The Morgan fingerprint density at radius 1 is 1.31 bits per heavy atom. The molecule has 26 heavy (non-hydrogen) atoms. The highest BCUT2D eigenvalue weighted by Gasteiger charge is 2.24. The van der Waals surface area contributed by atoms with Crippen molar-refractivity contribution in [3.63, 3.8) is 0 Å². The molecule has 0 radical (unpaired) electrons. The average molecular weight is 356 g/mol. The third kappa shape index (κ3) is 4.52. The van der Waals surface area contributed by atoms with E-state index in [0.717, 1.165) is 30.3 Å². The topological polar surface area (TPSA) is 51.4 Å². The van der Waals surface area contributed by atoms with Gasteiger partial charge in [-0.1, -0.05) is 45.9 Å². The fourth-order valence-electron chi connectivity index (χ4n) is 3.57. The first-order valence-corrected chi connectivity index (χ1v) is 9.62. The molecule has 3 rings (SSSR count). The van der Waals surface area contributed by atoms with Crippen LogP contribution in [0, 0.1) is 5.92 Å². The summed E-state index contributed by atoms with van der Waals surface area (Å²) in [5.41, 5.74) is 1.85. The average Bonchev–Trinajstić information content (AvgIpc) is 2.99. The molecule has 0 saturated carbocycles. The molecule has 1 amide bonds. The van der Waals surface area contributed by atoms with Gasteiger partial charge in [-0.15, -0.1) is 0 Å².